The third kappa shape index (κ3) is 5.09. The quantitative estimate of drug-likeness (QED) is 0.815. The number of methoxy groups -OCH3 is 1. The molecular weight excluding hydrogens is 324 g/mol. The van der Waals surface area contributed by atoms with E-state index in [0.29, 0.717) is 18.1 Å². The summed E-state index contributed by atoms with van der Waals surface area (Å²) in [6.45, 7) is 8.36. The highest BCUT2D eigenvalue weighted by molar-refractivity contribution is 5.85. The van der Waals surface area contributed by atoms with E-state index >= 15 is 0 Å². The number of nitrogens with one attached hydrogen (secondary N) is 1. The second-order valence-corrected chi connectivity index (χ2v) is 7.31. The van der Waals surface area contributed by atoms with Crippen LogP contribution < -0.4 is 10.1 Å². The van der Waals surface area contributed by atoms with Gasteiger partial charge in [-0.1, -0.05) is 18.6 Å². The molecule has 2 fully saturated rings. The SMILES string of the molecule is COCc1cccc(OCC2(CN3CCNC(C)C3)CCC2)c1.Cl. The van der Waals surface area contributed by atoms with Gasteiger partial charge < -0.3 is 14.8 Å². The number of halogens is 1. The highest BCUT2D eigenvalue weighted by atomic mass is 35.5. The van der Waals surface area contributed by atoms with Crippen LogP contribution >= 0.6 is 12.4 Å². The molecule has 1 heterocycles. The largest absolute Gasteiger partial charge is 0.493 e. The Morgan fingerprint density at radius 2 is 2.17 bits per heavy atom. The van der Waals surface area contributed by atoms with Crippen LogP contribution in [-0.2, 0) is 11.3 Å². The van der Waals surface area contributed by atoms with Gasteiger partial charge in [-0.25, -0.2) is 0 Å². The lowest BCUT2D eigenvalue weighted by atomic mass is 9.69. The van der Waals surface area contributed by atoms with Crippen LogP contribution in [0.3, 0.4) is 0 Å². The molecule has 0 radical (unpaired) electrons. The number of ether oxygens (including phenoxy) is 2. The Bertz CT molecular complexity index is 508. The number of nitrogens with zero attached hydrogens (tertiary/aromatic N) is 1. The lowest BCUT2D eigenvalue weighted by Gasteiger charge is -2.46. The zero-order valence-electron chi connectivity index (χ0n) is 14.9. The van der Waals surface area contributed by atoms with E-state index in [1.54, 1.807) is 7.11 Å². The van der Waals surface area contributed by atoms with Gasteiger partial charge in [0.05, 0.1) is 13.2 Å². The fourth-order valence-electron chi connectivity index (χ4n) is 3.78. The molecular formula is C19H31ClN2O2. The maximum absolute atomic E-state index is 6.17. The molecule has 1 saturated heterocycles. The van der Waals surface area contributed by atoms with E-state index in [1.807, 2.05) is 0 Å². The van der Waals surface area contributed by atoms with Crippen molar-refractivity contribution in [2.45, 2.75) is 38.8 Å². The van der Waals surface area contributed by atoms with Gasteiger partial charge in [0, 0.05) is 44.7 Å². The van der Waals surface area contributed by atoms with Crippen LogP contribution in [0.4, 0.5) is 0 Å². The van der Waals surface area contributed by atoms with Crippen LogP contribution in [0.5, 0.6) is 5.75 Å². The fourth-order valence-corrected chi connectivity index (χ4v) is 3.78. The first-order valence-corrected chi connectivity index (χ1v) is 8.86. The van der Waals surface area contributed by atoms with E-state index in [2.05, 4.69) is 41.4 Å². The Labute approximate surface area is 152 Å². The number of rotatable bonds is 7. The van der Waals surface area contributed by atoms with Crippen LogP contribution in [0.25, 0.3) is 0 Å². The number of hydrogen-bond donors (Lipinski definition) is 1. The first kappa shape index (κ1) is 19.5. The van der Waals surface area contributed by atoms with Gasteiger partial charge in [-0.15, -0.1) is 12.4 Å². The smallest absolute Gasteiger partial charge is 0.119 e. The summed E-state index contributed by atoms with van der Waals surface area (Å²) < 4.78 is 11.4. The minimum absolute atomic E-state index is 0. The topological polar surface area (TPSA) is 33.7 Å². The van der Waals surface area contributed by atoms with E-state index in [-0.39, 0.29) is 12.4 Å². The maximum atomic E-state index is 6.17. The standard InChI is InChI=1S/C19H30N2O2.ClH/c1-16-12-21(10-9-20-16)14-19(7-4-8-19)15-23-18-6-3-5-17(11-18)13-22-2;/h3,5-6,11,16,20H,4,7-10,12-15H2,1-2H3;1H. The minimum Gasteiger partial charge on any atom is -0.493 e. The molecule has 0 bridgehead atoms. The molecule has 4 nitrogen and oxygen atoms in total. The van der Waals surface area contributed by atoms with Crippen molar-refractivity contribution in [2.24, 2.45) is 5.41 Å². The highest BCUT2D eigenvalue weighted by Crippen LogP contribution is 2.42. The predicted molar refractivity (Wildman–Crippen MR) is 100 cm³/mol. The van der Waals surface area contributed by atoms with E-state index in [0.717, 1.165) is 32.0 Å². The van der Waals surface area contributed by atoms with Crippen molar-refractivity contribution in [2.75, 3.05) is 39.9 Å². The Morgan fingerprint density at radius 3 is 2.83 bits per heavy atom. The zero-order valence-corrected chi connectivity index (χ0v) is 15.7. The molecule has 1 unspecified atom stereocenters. The molecule has 1 aromatic rings. The molecule has 5 heteroatoms. The van der Waals surface area contributed by atoms with Gasteiger partial charge in [-0.3, -0.25) is 4.90 Å². The molecule has 1 aromatic carbocycles. The predicted octanol–water partition coefficient (Wildman–Crippen LogP) is 3.10. The van der Waals surface area contributed by atoms with Crippen LogP contribution in [0, 0.1) is 5.41 Å². The van der Waals surface area contributed by atoms with Crippen molar-refractivity contribution in [3.05, 3.63) is 29.8 Å². The van der Waals surface area contributed by atoms with Crippen molar-refractivity contribution >= 4 is 12.4 Å². The van der Waals surface area contributed by atoms with E-state index < -0.39 is 0 Å². The van der Waals surface area contributed by atoms with Crippen LogP contribution in [0.2, 0.25) is 0 Å². The van der Waals surface area contributed by atoms with E-state index in [9.17, 15) is 0 Å². The summed E-state index contributed by atoms with van der Waals surface area (Å²) >= 11 is 0. The van der Waals surface area contributed by atoms with Crippen LogP contribution in [0.15, 0.2) is 24.3 Å². The summed E-state index contributed by atoms with van der Waals surface area (Å²) in [6.07, 6.45) is 3.93. The van der Waals surface area contributed by atoms with Gasteiger partial charge in [-0.05, 0) is 37.5 Å². The van der Waals surface area contributed by atoms with E-state index in [4.69, 9.17) is 9.47 Å². The first-order chi connectivity index (χ1) is 11.2. The summed E-state index contributed by atoms with van der Waals surface area (Å²) in [6, 6.07) is 8.89. The molecule has 24 heavy (non-hydrogen) atoms. The monoisotopic (exact) mass is 354 g/mol. The molecule has 1 aliphatic carbocycles. The molecule has 0 spiro atoms. The highest BCUT2D eigenvalue weighted by Gasteiger charge is 2.40. The van der Waals surface area contributed by atoms with Gasteiger partial charge in [0.25, 0.3) is 0 Å². The van der Waals surface area contributed by atoms with Crippen molar-refractivity contribution < 1.29 is 9.47 Å². The van der Waals surface area contributed by atoms with Gasteiger partial charge in [0.1, 0.15) is 5.75 Å². The molecule has 0 aromatic heterocycles. The van der Waals surface area contributed by atoms with Crippen molar-refractivity contribution in [1.29, 1.82) is 0 Å². The molecule has 2 aliphatic rings. The number of hydrogen-bond acceptors (Lipinski definition) is 4. The Kier molecular flexibility index (Phi) is 7.35. The van der Waals surface area contributed by atoms with E-state index in [1.165, 1.54) is 31.4 Å². The lowest BCUT2D eigenvalue weighted by molar-refractivity contribution is 0.0103. The summed E-state index contributed by atoms with van der Waals surface area (Å²) in [4.78, 5) is 2.62. The average Bonchev–Trinajstić information content (AvgIpc) is 2.51. The second kappa shape index (κ2) is 9.04. The summed E-state index contributed by atoms with van der Waals surface area (Å²) in [5.74, 6) is 0.972. The molecule has 1 atom stereocenters. The normalized spacial score (nSPS) is 23.2. The molecule has 1 saturated carbocycles. The minimum atomic E-state index is 0. The van der Waals surface area contributed by atoms with Crippen molar-refractivity contribution in [1.82, 2.24) is 10.2 Å². The maximum Gasteiger partial charge on any atom is 0.119 e. The molecule has 136 valence electrons. The Hall–Kier alpha value is -0.810. The van der Waals surface area contributed by atoms with Crippen molar-refractivity contribution in [3.63, 3.8) is 0 Å². The summed E-state index contributed by atoms with van der Waals surface area (Å²) in [5.41, 5.74) is 1.53. The third-order valence-electron chi connectivity index (χ3n) is 5.18. The van der Waals surface area contributed by atoms with Crippen molar-refractivity contribution in [3.8, 4) is 5.75 Å². The van der Waals surface area contributed by atoms with Gasteiger partial charge in [-0.2, -0.15) is 0 Å². The third-order valence-corrected chi connectivity index (χ3v) is 5.18. The Morgan fingerprint density at radius 1 is 1.33 bits per heavy atom. The van der Waals surface area contributed by atoms with Gasteiger partial charge in [0.15, 0.2) is 0 Å². The average molecular weight is 355 g/mol. The van der Waals surface area contributed by atoms with Gasteiger partial charge >= 0.3 is 0 Å². The summed E-state index contributed by atoms with van der Waals surface area (Å²) in [5, 5.41) is 3.52. The molecule has 1 N–H and O–H groups in total. The van der Waals surface area contributed by atoms with Crippen LogP contribution in [-0.4, -0.2) is 50.8 Å². The lowest BCUT2D eigenvalue weighted by Crippen LogP contribution is -2.54. The molecule has 3 rings (SSSR count). The number of benzene rings is 1. The van der Waals surface area contributed by atoms with Gasteiger partial charge in [0.2, 0.25) is 0 Å². The molecule has 1 aliphatic heterocycles. The first-order valence-electron chi connectivity index (χ1n) is 8.86. The zero-order chi connectivity index (χ0) is 16.1. The van der Waals surface area contributed by atoms with Crippen LogP contribution in [0.1, 0.15) is 31.7 Å². The number of piperazine rings is 1. The summed E-state index contributed by atoms with van der Waals surface area (Å²) in [7, 11) is 1.73. The second-order valence-electron chi connectivity index (χ2n) is 7.31. The fraction of sp³-hybridized carbons (Fsp3) is 0.684. The molecule has 0 amide bonds. The Balaban J connectivity index is 0.00000208.